The molecule has 0 aliphatic carbocycles. The van der Waals surface area contributed by atoms with Gasteiger partial charge in [0, 0.05) is 38.9 Å². The summed E-state index contributed by atoms with van der Waals surface area (Å²) in [5, 5.41) is 0.431. The van der Waals surface area contributed by atoms with E-state index in [1.165, 1.54) is 23.7 Å². The largest absolute Gasteiger partial charge is 0.383 e. The average molecular weight is 426 g/mol. The lowest BCUT2D eigenvalue weighted by Crippen LogP contribution is -2.39. The number of halogens is 1. The van der Waals surface area contributed by atoms with Crippen LogP contribution in [0.2, 0.25) is 0 Å². The van der Waals surface area contributed by atoms with Gasteiger partial charge in [-0.2, -0.15) is 0 Å². The molecule has 0 bridgehead atoms. The van der Waals surface area contributed by atoms with Gasteiger partial charge in [-0.1, -0.05) is 12.1 Å². The Morgan fingerprint density at radius 2 is 1.94 bits per heavy atom. The normalized spacial score (nSPS) is 17.3. The van der Waals surface area contributed by atoms with Gasteiger partial charge >= 0.3 is 5.69 Å². The van der Waals surface area contributed by atoms with Gasteiger partial charge in [0.05, 0.1) is 18.5 Å². The fourth-order valence-corrected chi connectivity index (χ4v) is 4.27. The maximum atomic E-state index is 13.2. The summed E-state index contributed by atoms with van der Waals surface area (Å²) in [6.07, 6.45) is 2.02. The maximum Gasteiger partial charge on any atom is 0.332 e. The molecule has 3 heterocycles. The molecular formula is C23H27FN4O3. The molecule has 164 valence electrons. The number of ether oxygens (including phenoxy) is 1. The topological polar surface area (TPSA) is 69.4 Å². The van der Waals surface area contributed by atoms with Crippen LogP contribution in [0.5, 0.6) is 0 Å². The number of hydrogen-bond donors (Lipinski definition) is 0. The van der Waals surface area contributed by atoms with Crippen LogP contribution in [0, 0.1) is 5.82 Å². The average Bonchev–Trinajstić information content (AvgIpc) is 2.79. The van der Waals surface area contributed by atoms with Crippen molar-refractivity contribution < 1.29 is 9.13 Å². The van der Waals surface area contributed by atoms with Gasteiger partial charge in [0.25, 0.3) is 5.56 Å². The van der Waals surface area contributed by atoms with Crippen molar-refractivity contribution in [1.29, 1.82) is 0 Å². The summed E-state index contributed by atoms with van der Waals surface area (Å²) in [6.45, 7) is 3.23. The fraction of sp³-hybridized carbons (Fsp3) is 0.435. The van der Waals surface area contributed by atoms with Crippen LogP contribution in [0.3, 0.4) is 0 Å². The van der Waals surface area contributed by atoms with Gasteiger partial charge in [0.15, 0.2) is 0 Å². The molecule has 0 radical (unpaired) electrons. The molecule has 1 aliphatic rings. The highest BCUT2D eigenvalue weighted by molar-refractivity contribution is 5.74. The predicted molar refractivity (Wildman–Crippen MR) is 117 cm³/mol. The molecule has 0 amide bonds. The van der Waals surface area contributed by atoms with Crippen LogP contribution in [0.15, 0.2) is 46.0 Å². The number of methoxy groups -OCH3 is 1. The molecule has 0 saturated carbocycles. The van der Waals surface area contributed by atoms with E-state index in [9.17, 15) is 14.0 Å². The zero-order valence-electron chi connectivity index (χ0n) is 17.9. The first-order valence-electron chi connectivity index (χ1n) is 10.5. The van der Waals surface area contributed by atoms with Crippen molar-refractivity contribution in [3.8, 4) is 0 Å². The van der Waals surface area contributed by atoms with Gasteiger partial charge in [-0.25, -0.2) is 14.2 Å². The highest BCUT2D eigenvalue weighted by Crippen LogP contribution is 2.27. The van der Waals surface area contributed by atoms with Crippen molar-refractivity contribution in [2.75, 3.05) is 26.8 Å². The SMILES string of the molecule is COCCn1c(=O)n(C)c(=O)c2ccc([C@@H]3CCCN(Cc4ccc(F)cc4)C3)nc21. The Bertz CT molecular complexity index is 1190. The molecule has 7 nitrogen and oxygen atoms in total. The maximum absolute atomic E-state index is 13.2. The third-order valence-corrected chi connectivity index (χ3v) is 5.97. The van der Waals surface area contributed by atoms with Crippen molar-refractivity contribution >= 4 is 11.0 Å². The molecule has 1 aliphatic heterocycles. The van der Waals surface area contributed by atoms with E-state index < -0.39 is 0 Å². The number of rotatable bonds is 6. The second-order valence-electron chi connectivity index (χ2n) is 8.10. The Morgan fingerprint density at radius 3 is 2.68 bits per heavy atom. The molecule has 3 aromatic rings. The van der Waals surface area contributed by atoms with Crippen molar-refractivity contribution in [3.63, 3.8) is 0 Å². The van der Waals surface area contributed by atoms with Crippen LogP contribution in [-0.4, -0.2) is 45.8 Å². The molecule has 1 fully saturated rings. The zero-order chi connectivity index (χ0) is 22.0. The van der Waals surface area contributed by atoms with E-state index in [1.807, 2.05) is 18.2 Å². The van der Waals surface area contributed by atoms with Crippen LogP contribution in [0.25, 0.3) is 11.0 Å². The fourth-order valence-electron chi connectivity index (χ4n) is 4.27. The Balaban J connectivity index is 1.64. The van der Waals surface area contributed by atoms with Gasteiger partial charge in [-0.3, -0.25) is 18.8 Å². The van der Waals surface area contributed by atoms with Gasteiger partial charge in [0.1, 0.15) is 11.5 Å². The van der Waals surface area contributed by atoms with Crippen LogP contribution in [0.1, 0.15) is 30.0 Å². The van der Waals surface area contributed by atoms with Gasteiger partial charge in [-0.05, 0) is 49.2 Å². The van der Waals surface area contributed by atoms with Crippen LogP contribution in [0.4, 0.5) is 4.39 Å². The summed E-state index contributed by atoms with van der Waals surface area (Å²) in [4.78, 5) is 32.4. The molecule has 1 aromatic carbocycles. The number of piperidine rings is 1. The molecule has 1 saturated heterocycles. The van der Waals surface area contributed by atoms with Crippen molar-refractivity contribution in [2.24, 2.45) is 7.05 Å². The first-order valence-corrected chi connectivity index (χ1v) is 10.5. The highest BCUT2D eigenvalue weighted by atomic mass is 19.1. The summed E-state index contributed by atoms with van der Waals surface area (Å²) in [6, 6.07) is 10.3. The predicted octanol–water partition coefficient (Wildman–Crippen LogP) is 2.26. The summed E-state index contributed by atoms with van der Waals surface area (Å²) in [5.74, 6) is -0.0278. The van der Waals surface area contributed by atoms with E-state index in [1.54, 1.807) is 13.2 Å². The molecule has 2 aromatic heterocycles. The number of aromatic nitrogens is 3. The van der Waals surface area contributed by atoms with Gasteiger partial charge < -0.3 is 4.74 Å². The lowest BCUT2D eigenvalue weighted by molar-refractivity contribution is 0.186. The lowest BCUT2D eigenvalue weighted by Gasteiger charge is -2.32. The number of nitrogens with zero attached hydrogens (tertiary/aromatic N) is 4. The summed E-state index contributed by atoms with van der Waals surface area (Å²) < 4.78 is 21.0. The molecular weight excluding hydrogens is 399 g/mol. The minimum absolute atomic E-state index is 0.202. The monoisotopic (exact) mass is 426 g/mol. The van der Waals surface area contributed by atoms with E-state index in [0.29, 0.717) is 24.2 Å². The Labute approximate surface area is 179 Å². The summed E-state index contributed by atoms with van der Waals surface area (Å²) >= 11 is 0. The third kappa shape index (κ3) is 4.45. The lowest BCUT2D eigenvalue weighted by atomic mass is 9.93. The molecule has 4 rings (SSSR count). The Morgan fingerprint density at radius 1 is 1.16 bits per heavy atom. The first-order chi connectivity index (χ1) is 15.0. The molecule has 0 N–H and O–H groups in total. The third-order valence-electron chi connectivity index (χ3n) is 5.97. The quantitative estimate of drug-likeness (QED) is 0.605. The van der Waals surface area contributed by atoms with Crippen molar-refractivity contribution in [2.45, 2.75) is 31.8 Å². The minimum atomic E-state index is -0.388. The Kier molecular flexibility index (Phi) is 6.29. The van der Waals surface area contributed by atoms with Crippen LogP contribution >= 0.6 is 0 Å². The molecule has 0 unspecified atom stereocenters. The summed E-state index contributed by atoms with van der Waals surface area (Å²) in [5.41, 5.74) is 1.65. The standard InChI is InChI=1S/C23H27FN4O3/c1-26-22(29)19-9-10-20(25-21(19)28(23(26)30)12-13-31-2)17-4-3-11-27(15-17)14-16-5-7-18(24)8-6-16/h5-10,17H,3-4,11-15H2,1-2H3/t17-/m1/s1. The number of likely N-dealkylation sites (tertiary alicyclic amines) is 1. The summed E-state index contributed by atoms with van der Waals surface area (Å²) in [7, 11) is 3.06. The van der Waals surface area contributed by atoms with Gasteiger partial charge in [-0.15, -0.1) is 0 Å². The number of benzene rings is 1. The minimum Gasteiger partial charge on any atom is -0.383 e. The number of pyridine rings is 1. The van der Waals surface area contributed by atoms with Crippen molar-refractivity contribution in [3.05, 3.63) is 74.3 Å². The van der Waals surface area contributed by atoms with E-state index in [0.717, 1.165) is 48.3 Å². The molecule has 0 spiro atoms. The molecule has 8 heteroatoms. The molecule has 31 heavy (non-hydrogen) atoms. The number of hydrogen-bond acceptors (Lipinski definition) is 5. The van der Waals surface area contributed by atoms with E-state index in [-0.39, 0.29) is 23.0 Å². The van der Waals surface area contributed by atoms with Gasteiger partial charge in [0.2, 0.25) is 0 Å². The van der Waals surface area contributed by atoms with E-state index in [2.05, 4.69) is 4.90 Å². The Hall–Kier alpha value is -2.84. The molecule has 1 atom stereocenters. The van der Waals surface area contributed by atoms with E-state index >= 15 is 0 Å². The zero-order valence-corrected chi connectivity index (χ0v) is 17.9. The number of fused-ring (bicyclic) bond motifs is 1. The van der Waals surface area contributed by atoms with Crippen LogP contribution in [-0.2, 0) is 24.9 Å². The van der Waals surface area contributed by atoms with E-state index in [4.69, 9.17) is 9.72 Å². The second kappa shape index (κ2) is 9.11. The highest BCUT2D eigenvalue weighted by Gasteiger charge is 2.24. The second-order valence-corrected chi connectivity index (χ2v) is 8.10. The first kappa shape index (κ1) is 21.4. The van der Waals surface area contributed by atoms with Crippen LogP contribution < -0.4 is 11.2 Å². The van der Waals surface area contributed by atoms with Crippen molar-refractivity contribution in [1.82, 2.24) is 19.0 Å². The smallest absolute Gasteiger partial charge is 0.332 e.